The maximum absolute atomic E-state index is 3.44. The van der Waals surface area contributed by atoms with Crippen LogP contribution in [0.4, 0.5) is 0 Å². The van der Waals surface area contributed by atoms with Gasteiger partial charge in [-0.15, -0.1) is 12.4 Å². The van der Waals surface area contributed by atoms with Crippen molar-refractivity contribution in [2.45, 2.75) is 13.0 Å². The first-order chi connectivity index (χ1) is 7.45. The predicted octanol–water partition coefficient (Wildman–Crippen LogP) is 3.50. The van der Waals surface area contributed by atoms with Gasteiger partial charge in [-0.25, -0.2) is 0 Å². The normalized spacial score (nSPS) is 9.75. The minimum absolute atomic E-state index is 0. The van der Waals surface area contributed by atoms with Gasteiger partial charge >= 0.3 is 0 Å². The number of thiophene rings is 1. The summed E-state index contributed by atoms with van der Waals surface area (Å²) in [6.45, 7) is 2.02. The molecule has 1 heterocycles. The first kappa shape index (κ1) is 13.2. The average Bonchev–Trinajstić information content (AvgIpc) is 2.79. The van der Waals surface area contributed by atoms with Crippen molar-refractivity contribution in [3.05, 3.63) is 58.3 Å². The van der Waals surface area contributed by atoms with E-state index in [-0.39, 0.29) is 12.4 Å². The molecule has 0 aliphatic rings. The van der Waals surface area contributed by atoms with Crippen molar-refractivity contribution in [2.24, 2.45) is 0 Å². The quantitative estimate of drug-likeness (QED) is 0.805. The van der Waals surface area contributed by atoms with E-state index in [2.05, 4.69) is 52.5 Å². The maximum atomic E-state index is 3.44. The van der Waals surface area contributed by atoms with Crippen LogP contribution in [0.2, 0.25) is 0 Å². The van der Waals surface area contributed by atoms with Gasteiger partial charge in [0.1, 0.15) is 0 Å². The van der Waals surface area contributed by atoms with E-state index >= 15 is 0 Å². The highest BCUT2D eigenvalue weighted by atomic mass is 35.5. The third-order valence-corrected chi connectivity index (χ3v) is 3.07. The molecule has 1 N–H and O–H groups in total. The fraction of sp³-hybridized carbons (Fsp3) is 0.231. The van der Waals surface area contributed by atoms with Crippen molar-refractivity contribution >= 4 is 23.7 Å². The average molecular weight is 254 g/mol. The smallest absolute Gasteiger partial charge is 0.0213 e. The molecule has 0 atom stereocenters. The number of rotatable bonds is 5. The number of hydrogen-bond acceptors (Lipinski definition) is 2. The third-order valence-electron chi connectivity index (χ3n) is 2.34. The standard InChI is InChI=1S/C13H15NS.ClH/c1-2-4-12(5-3-1)6-8-14-10-13-7-9-15-11-13;/h1-5,7,9,11,14H,6,8,10H2;1H. The van der Waals surface area contributed by atoms with Gasteiger partial charge in [-0.2, -0.15) is 11.3 Å². The van der Waals surface area contributed by atoms with Crippen molar-refractivity contribution in [2.75, 3.05) is 6.54 Å². The van der Waals surface area contributed by atoms with Crippen molar-refractivity contribution < 1.29 is 0 Å². The van der Waals surface area contributed by atoms with Gasteiger partial charge in [0.25, 0.3) is 0 Å². The number of halogens is 1. The molecule has 0 saturated carbocycles. The summed E-state index contributed by atoms with van der Waals surface area (Å²) in [5, 5.41) is 7.75. The van der Waals surface area contributed by atoms with Crippen LogP contribution in [0.3, 0.4) is 0 Å². The zero-order valence-corrected chi connectivity index (χ0v) is 10.7. The predicted molar refractivity (Wildman–Crippen MR) is 73.4 cm³/mol. The van der Waals surface area contributed by atoms with Gasteiger partial charge in [0.2, 0.25) is 0 Å². The van der Waals surface area contributed by atoms with Crippen molar-refractivity contribution in [1.29, 1.82) is 0 Å². The van der Waals surface area contributed by atoms with Gasteiger partial charge in [-0.05, 0) is 40.9 Å². The second-order valence-corrected chi connectivity index (χ2v) is 4.32. The van der Waals surface area contributed by atoms with E-state index < -0.39 is 0 Å². The largest absolute Gasteiger partial charge is 0.312 e. The first-order valence-corrected chi connectivity index (χ1v) is 6.15. The minimum Gasteiger partial charge on any atom is -0.312 e. The van der Waals surface area contributed by atoms with E-state index in [0.717, 1.165) is 19.5 Å². The maximum Gasteiger partial charge on any atom is 0.0213 e. The van der Waals surface area contributed by atoms with Gasteiger partial charge in [0, 0.05) is 6.54 Å². The van der Waals surface area contributed by atoms with Crippen molar-refractivity contribution in [3.63, 3.8) is 0 Å². The van der Waals surface area contributed by atoms with Crippen LogP contribution in [-0.2, 0) is 13.0 Å². The molecule has 0 bridgehead atoms. The van der Waals surface area contributed by atoms with E-state index in [9.17, 15) is 0 Å². The molecule has 0 aliphatic heterocycles. The molecule has 16 heavy (non-hydrogen) atoms. The van der Waals surface area contributed by atoms with E-state index in [1.807, 2.05) is 0 Å². The second kappa shape index (κ2) is 7.44. The molecule has 1 aromatic heterocycles. The highest BCUT2D eigenvalue weighted by Gasteiger charge is 1.93. The van der Waals surface area contributed by atoms with Crippen LogP contribution in [0.15, 0.2) is 47.2 Å². The first-order valence-electron chi connectivity index (χ1n) is 5.21. The Morgan fingerprint density at radius 1 is 1.00 bits per heavy atom. The molecular weight excluding hydrogens is 238 g/mol. The lowest BCUT2D eigenvalue weighted by atomic mass is 10.1. The Morgan fingerprint density at radius 2 is 1.81 bits per heavy atom. The Hall–Kier alpha value is -0.830. The van der Waals surface area contributed by atoms with Crippen molar-refractivity contribution in [3.8, 4) is 0 Å². The molecule has 1 nitrogen and oxygen atoms in total. The van der Waals surface area contributed by atoms with Crippen molar-refractivity contribution in [1.82, 2.24) is 5.32 Å². The van der Waals surface area contributed by atoms with E-state index in [4.69, 9.17) is 0 Å². The fourth-order valence-corrected chi connectivity index (χ4v) is 2.17. The molecule has 2 rings (SSSR count). The summed E-state index contributed by atoms with van der Waals surface area (Å²) in [5.74, 6) is 0. The molecule has 0 unspecified atom stereocenters. The molecule has 0 fully saturated rings. The summed E-state index contributed by atoms with van der Waals surface area (Å²) >= 11 is 1.75. The number of nitrogens with one attached hydrogen (secondary N) is 1. The summed E-state index contributed by atoms with van der Waals surface area (Å²) in [4.78, 5) is 0. The van der Waals surface area contributed by atoms with Gasteiger partial charge in [0.15, 0.2) is 0 Å². The fourth-order valence-electron chi connectivity index (χ4n) is 1.50. The van der Waals surface area contributed by atoms with Crippen LogP contribution in [0.25, 0.3) is 0 Å². The summed E-state index contributed by atoms with van der Waals surface area (Å²) in [6.07, 6.45) is 1.10. The van der Waals surface area contributed by atoms with Gasteiger partial charge < -0.3 is 5.32 Å². The topological polar surface area (TPSA) is 12.0 Å². The molecule has 0 radical (unpaired) electrons. The zero-order chi connectivity index (χ0) is 10.3. The molecule has 1 aromatic carbocycles. The lowest BCUT2D eigenvalue weighted by molar-refractivity contribution is 0.688. The Bertz CT molecular complexity index is 372. The summed E-state index contributed by atoms with van der Waals surface area (Å²) in [5.41, 5.74) is 2.78. The summed E-state index contributed by atoms with van der Waals surface area (Å²) in [7, 11) is 0. The molecule has 0 saturated heterocycles. The van der Waals surface area contributed by atoms with Crippen LogP contribution in [0.1, 0.15) is 11.1 Å². The highest BCUT2D eigenvalue weighted by molar-refractivity contribution is 7.07. The molecule has 86 valence electrons. The Balaban J connectivity index is 0.00000128. The molecule has 3 heteroatoms. The monoisotopic (exact) mass is 253 g/mol. The minimum atomic E-state index is 0. The summed E-state index contributed by atoms with van der Waals surface area (Å²) in [6, 6.07) is 12.8. The molecule has 0 spiro atoms. The molecule has 0 amide bonds. The zero-order valence-electron chi connectivity index (χ0n) is 9.06. The van der Waals surface area contributed by atoms with Crippen LogP contribution in [-0.4, -0.2) is 6.54 Å². The van der Waals surface area contributed by atoms with Crippen LogP contribution < -0.4 is 5.32 Å². The SMILES string of the molecule is Cl.c1ccc(CCNCc2ccsc2)cc1. The molecule has 2 aromatic rings. The lowest BCUT2D eigenvalue weighted by Gasteiger charge is -2.03. The van der Waals surface area contributed by atoms with E-state index in [1.54, 1.807) is 11.3 Å². The van der Waals surface area contributed by atoms with E-state index in [0.29, 0.717) is 0 Å². The number of hydrogen-bond donors (Lipinski definition) is 1. The van der Waals surface area contributed by atoms with Crippen LogP contribution in [0.5, 0.6) is 0 Å². The third kappa shape index (κ3) is 4.35. The van der Waals surface area contributed by atoms with Crippen LogP contribution in [0, 0.1) is 0 Å². The Labute approximate surface area is 107 Å². The van der Waals surface area contributed by atoms with E-state index in [1.165, 1.54) is 11.1 Å². The van der Waals surface area contributed by atoms with Gasteiger partial charge in [-0.1, -0.05) is 30.3 Å². The lowest BCUT2D eigenvalue weighted by Crippen LogP contribution is -2.16. The van der Waals surface area contributed by atoms with Gasteiger partial charge in [0.05, 0.1) is 0 Å². The second-order valence-electron chi connectivity index (χ2n) is 3.54. The van der Waals surface area contributed by atoms with Gasteiger partial charge in [-0.3, -0.25) is 0 Å². The Kier molecular flexibility index (Phi) is 6.16. The Morgan fingerprint density at radius 3 is 2.50 bits per heavy atom. The molecular formula is C13H16ClNS. The summed E-state index contributed by atoms with van der Waals surface area (Å²) < 4.78 is 0. The van der Waals surface area contributed by atoms with Crippen LogP contribution >= 0.6 is 23.7 Å². The molecule has 0 aliphatic carbocycles. The highest BCUT2D eigenvalue weighted by Crippen LogP contribution is 2.05. The number of benzene rings is 1.